The molecular weight excluding hydrogens is 174 g/mol. The summed E-state index contributed by atoms with van der Waals surface area (Å²) < 4.78 is 10.3. The molecule has 0 amide bonds. The van der Waals surface area contributed by atoms with E-state index in [-0.39, 0.29) is 11.8 Å². The summed E-state index contributed by atoms with van der Waals surface area (Å²) in [6.45, 7) is 0.690. The van der Waals surface area contributed by atoms with Gasteiger partial charge in [0.15, 0.2) is 5.69 Å². The van der Waals surface area contributed by atoms with Crippen LogP contribution in [-0.4, -0.2) is 22.7 Å². The molecule has 2 rings (SSSR count). The number of aromatic carboxylic acids is 1. The Kier molecular flexibility index (Phi) is 2.02. The van der Waals surface area contributed by atoms with E-state index in [0.29, 0.717) is 12.5 Å². The first-order valence-corrected chi connectivity index (χ1v) is 4.07. The van der Waals surface area contributed by atoms with Gasteiger partial charge in [-0.05, 0) is 12.8 Å². The van der Waals surface area contributed by atoms with E-state index in [9.17, 15) is 4.79 Å². The van der Waals surface area contributed by atoms with Crippen molar-refractivity contribution in [3.05, 3.63) is 17.8 Å². The number of hydrogen-bond donors (Lipinski definition) is 1. The van der Waals surface area contributed by atoms with E-state index >= 15 is 0 Å². The molecule has 5 heteroatoms. The summed E-state index contributed by atoms with van der Waals surface area (Å²) in [5.74, 6) is -0.706. The number of carbonyl (C=O) groups is 1. The Morgan fingerprint density at radius 1 is 1.69 bits per heavy atom. The van der Waals surface area contributed by atoms with Gasteiger partial charge in [0, 0.05) is 6.61 Å². The van der Waals surface area contributed by atoms with Gasteiger partial charge in [-0.15, -0.1) is 0 Å². The van der Waals surface area contributed by atoms with E-state index in [1.807, 2.05) is 0 Å². The van der Waals surface area contributed by atoms with Crippen LogP contribution in [0.15, 0.2) is 10.7 Å². The van der Waals surface area contributed by atoms with E-state index < -0.39 is 5.97 Å². The minimum atomic E-state index is -1.08. The molecule has 0 aliphatic carbocycles. The minimum Gasteiger partial charge on any atom is -0.476 e. The Bertz CT molecular complexity index is 314. The molecule has 0 spiro atoms. The maximum absolute atomic E-state index is 10.5. The van der Waals surface area contributed by atoms with E-state index in [4.69, 9.17) is 14.3 Å². The number of oxazole rings is 1. The fraction of sp³-hybridized carbons (Fsp3) is 0.500. The number of aromatic nitrogens is 1. The molecule has 1 aliphatic heterocycles. The molecule has 0 aromatic carbocycles. The molecule has 1 aliphatic rings. The number of hydrogen-bond acceptors (Lipinski definition) is 4. The number of carboxylic acids is 1. The maximum atomic E-state index is 10.5. The van der Waals surface area contributed by atoms with Crippen LogP contribution >= 0.6 is 0 Å². The van der Waals surface area contributed by atoms with Crippen molar-refractivity contribution in [3.63, 3.8) is 0 Å². The Morgan fingerprint density at radius 3 is 3.08 bits per heavy atom. The first kappa shape index (κ1) is 8.25. The predicted octanol–water partition coefficient (Wildman–Crippen LogP) is 1.22. The fourth-order valence-corrected chi connectivity index (χ4v) is 1.31. The molecular formula is C8H9NO4. The van der Waals surface area contributed by atoms with Crippen molar-refractivity contribution in [2.75, 3.05) is 6.61 Å². The first-order chi connectivity index (χ1) is 6.27. The standard InChI is InChI=1S/C8H9NO4/c10-8(11)5-4-13-7(9-5)6-2-1-3-12-6/h4,6H,1-3H2,(H,10,11). The molecule has 0 radical (unpaired) electrons. The van der Waals surface area contributed by atoms with Crippen LogP contribution in [0.2, 0.25) is 0 Å². The van der Waals surface area contributed by atoms with Crippen LogP contribution in [0, 0.1) is 0 Å². The van der Waals surface area contributed by atoms with E-state index in [0.717, 1.165) is 19.1 Å². The second-order valence-corrected chi connectivity index (χ2v) is 2.88. The van der Waals surface area contributed by atoms with Gasteiger partial charge in [0.25, 0.3) is 0 Å². The number of ether oxygens (including phenoxy) is 1. The van der Waals surface area contributed by atoms with Gasteiger partial charge >= 0.3 is 5.97 Å². The summed E-state index contributed by atoms with van der Waals surface area (Å²) in [6.07, 6.45) is 2.79. The maximum Gasteiger partial charge on any atom is 0.357 e. The summed E-state index contributed by atoms with van der Waals surface area (Å²) in [6, 6.07) is 0. The second kappa shape index (κ2) is 3.18. The summed E-state index contributed by atoms with van der Waals surface area (Å²) in [7, 11) is 0. The molecule has 2 heterocycles. The zero-order chi connectivity index (χ0) is 9.26. The molecule has 1 fully saturated rings. The average Bonchev–Trinajstić information content (AvgIpc) is 2.75. The predicted molar refractivity (Wildman–Crippen MR) is 41.4 cm³/mol. The molecule has 0 bridgehead atoms. The highest BCUT2D eigenvalue weighted by molar-refractivity contribution is 5.84. The van der Waals surface area contributed by atoms with Crippen molar-refractivity contribution >= 4 is 5.97 Å². The Balaban J connectivity index is 2.16. The fourth-order valence-electron chi connectivity index (χ4n) is 1.31. The largest absolute Gasteiger partial charge is 0.476 e. The third kappa shape index (κ3) is 1.55. The van der Waals surface area contributed by atoms with E-state index in [1.54, 1.807) is 0 Å². The van der Waals surface area contributed by atoms with Crippen molar-refractivity contribution in [1.82, 2.24) is 4.98 Å². The minimum absolute atomic E-state index is 0.0644. The lowest BCUT2D eigenvalue weighted by atomic mass is 10.2. The summed E-state index contributed by atoms with van der Waals surface area (Å²) in [5, 5.41) is 8.58. The molecule has 1 atom stereocenters. The van der Waals surface area contributed by atoms with E-state index in [1.165, 1.54) is 0 Å². The lowest BCUT2D eigenvalue weighted by molar-refractivity contribution is 0.0689. The quantitative estimate of drug-likeness (QED) is 0.746. The molecule has 5 nitrogen and oxygen atoms in total. The van der Waals surface area contributed by atoms with Gasteiger partial charge in [0.05, 0.1) is 0 Å². The van der Waals surface area contributed by atoms with Gasteiger partial charge in [-0.25, -0.2) is 9.78 Å². The van der Waals surface area contributed by atoms with Gasteiger partial charge < -0.3 is 14.3 Å². The van der Waals surface area contributed by atoms with Gasteiger partial charge in [-0.1, -0.05) is 0 Å². The van der Waals surface area contributed by atoms with Crippen molar-refractivity contribution in [1.29, 1.82) is 0 Å². The van der Waals surface area contributed by atoms with Gasteiger partial charge in [0.2, 0.25) is 5.89 Å². The molecule has 1 aromatic rings. The highest BCUT2D eigenvalue weighted by Gasteiger charge is 2.23. The van der Waals surface area contributed by atoms with Crippen molar-refractivity contribution in [2.45, 2.75) is 18.9 Å². The Labute approximate surface area is 74.3 Å². The first-order valence-electron chi connectivity index (χ1n) is 4.07. The molecule has 70 valence electrons. The van der Waals surface area contributed by atoms with Crippen LogP contribution in [0.3, 0.4) is 0 Å². The van der Waals surface area contributed by atoms with Crippen LogP contribution in [0.5, 0.6) is 0 Å². The molecule has 0 saturated carbocycles. The average molecular weight is 183 g/mol. The number of carboxylic acid groups (broad SMARTS) is 1. The SMILES string of the molecule is O=C(O)c1coc(C2CCCO2)n1. The summed E-state index contributed by atoms with van der Waals surface area (Å²) in [5.41, 5.74) is -0.0644. The van der Waals surface area contributed by atoms with Crippen LogP contribution in [0.25, 0.3) is 0 Å². The zero-order valence-electron chi connectivity index (χ0n) is 6.90. The third-order valence-electron chi connectivity index (χ3n) is 1.95. The van der Waals surface area contributed by atoms with Gasteiger partial charge in [-0.2, -0.15) is 0 Å². The van der Waals surface area contributed by atoms with Crippen LogP contribution in [-0.2, 0) is 4.74 Å². The zero-order valence-corrected chi connectivity index (χ0v) is 6.90. The second-order valence-electron chi connectivity index (χ2n) is 2.88. The monoisotopic (exact) mass is 183 g/mol. The van der Waals surface area contributed by atoms with Gasteiger partial charge in [0.1, 0.15) is 12.4 Å². The Hall–Kier alpha value is -1.36. The molecule has 1 saturated heterocycles. The van der Waals surface area contributed by atoms with Crippen molar-refractivity contribution < 1.29 is 19.1 Å². The smallest absolute Gasteiger partial charge is 0.357 e. The topological polar surface area (TPSA) is 72.6 Å². The van der Waals surface area contributed by atoms with E-state index in [2.05, 4.69) is 4.98 Å². The van der Waals surface area contributed by atoms with Crippen molar-refractivity contribution in [3.8, 4) is 0 Å². The van der Waals surface area contributed by atoms with Gasteiger partial charge in [-0.3, -0.25) is 0 Å². The Morgan fingerprint density at radius 2 is 2.54 bits per heavy atom. The third-order valence-corrected chi connectivity index (χ3v) is 1.95. The highest BCUT2D eigenvalue weighted by atomic mass is 16.5. The van der Waals surface area contributed by atoms with Crippen molar-refractivity contribution in [2.24, 2.45) is 0 Å². The molecule has 1 unspecified atom stereocenters. The van der Waals surface area contributed by atoms with Crippen LogP contribution in [0.1, 0.15) is 35.3 Å². The lowest BCUT2D eigenvalue weighted by Crippen LogP contribution is -1.99. The lowest BCUT2D eigenvalue weighted by Gasteiger charge is -2.01. The molecule has 1 aromatic heterocycles. The van der Waals surface area contributed by atoms with Crippen LogP contribution < -0.4 is 0 Å². The number of rotatable bonds is 2. The summed E-state index contributed by atoms with van der Waals surface area (Å²) >= 11 is 0. The summed E-state index contributed by atoms with van der Waals surface area (Å²) in [4.78, 5) is 14.3. The molecule has 13 heavy (non-hydrogen) atoms. The highest BCUT2D eigenvalue weighted by Crippen LogP contribution is 2.27. The molecule has 1 N–H and O–H groups in total. The van der Waals surface area contributed by atoms with Crippen LogP contribution in [0.4, 0.5) is 0 Å². The normalized spacial score (nSPS) is 22.0. The number of nitrogens with zero attached hydrogens (tertiary/aromatic N) is 1.